The Morgan fingerprint density at radius 3 is 2.42 bits per heavy atom. The van der Waals surface area contributed by atoms with Crippen LogP contribution in [0.25, 0.3) is 0 Å². The predicted octanol–water partition coefficient (Wildman–Crippen LogP) is 4.41. The highest BCUT2D eigenvalue weighted by molar-refractivity contribution is 7.99. The number of benzene rings is 3. The van der Waals surface area contributed by atoms with Crippen LogP contribution in [0.2, 0.25) is 0 Å². The van der Waals surface area contributed by atoms with Crippen molar-refractivity contribution in [1.82, 2.24) is 0 Å². The topological polar surface area (TPSA) is 81.7 Å². The van der Waals surface area contributed by atoms with E-state index in [-0.39, 0.29) is 23.0 Å². The van der Waals surface area contributed by atoms with Crippen molar-refractivity contribution >= 4 is 33.2 Å². The first kappa shape index (κ1) is 21.3. The van der Waals surface area contributed by atoms with Crippen LogP contribution in [0.3, 0.4) is 0 Å². The van der Waals surface area contributed by atoms with E-state index in [9.17, 15) is 13.2 Å². The number of carbonyl (C=O) groups is 1. The fourth-order valence-corrected chi connectivity index (χ4v) is 5.22. The molecule has 1 amide bonds. The van der Waals surface area contributed by atoms with Gasteiger partial charge < -0.3 is 14.8 Å². The lowest BCUT2D eigenvalue weighted by molar-refractivity contribution is -0.115. The standard InChI is InChI=1S/C23H21NO5S2/c25-23(24-19-8-4-5-9-22(19)30-17-6-2-1-3-7-17)12-15-31(26,27)18-10-11-20-21(16-18)29-14-13-28-20/h1-11,16H,12-15H2,(H,24,25). The normalized spacial score (nSPS) is 12.9. The summed E-state index contributed by atoms with van der Waals surface area (Å²) in [6.45, 7) is 0.808. The molecule has 31 heavy (non-hydrogen) atoms. The van der Waals surface area contributed by atoms with E-state index in [0.717, 1.165) is 9.79 Å². The molecule has 0 saturated carbocycles. The van der Waals surface area contributed by atoms with Crippen LogP contribution in [0, 0.1) is 0 Å². The molecular formula is C23H21NO5S2. The molecule has 3 aromatic carbocycles. The maximum Gasteiger partial charge on any atom is 0.225 e. The van der Waals surface area contributed by atoms with Crippen LogP contribution in [-0.4, -0.2) is 33.3 Å². The number of amides is 1. The molecule has 0 atom stereocenters. The second-order valence-corrected chi connectivity index (χ2v) is 10.1. The Hall–Kier alpha value is -2.97. The summed E-state index contributed by atoms with van der Waals surface area (Å²) in [6, 6.07) is 21.8. The van der Waals surface area contributed by atoms with Crippen LogP contribution in [0.1, 0.15) is 6.42 Å². The Bertz CT molecular complexity index is 1180. The minimum Gasteiger partial charge on any atom is -0.486 e. The number of para-hydroxylation sites is 1. The van der Waals surface area contributed by atoms with Gasteiger partial charge in [-0.25, -0.2) is 8.42 Å². The van der Waals surface area contributed by atoms with Gasteiger partial charge in [0.2, 0.25) is 5.91 Å². The first-order chi connectivity index (χ1) is 15.0. The molecule has 0 spiro atoms. The van der Waals surface area contributed by atoms with Crippen molar-refractivity contribution in [2.24, 2.45) is 0 Å². The van der Waals surface area contributed by atoms with Crippen LogP contribution in [0.5, 0.6) is 11.5 Å². The lowest BCUT2D eigenvalue weighted by Crippen LogP contribution is -2.19. The van der Waals surface area contributed by atoms with Crippen molar-refractivity contribution in [2.75, 3.05) is 24.3 Å². The predicted molar refractivity (Wildman–Crippen MR) is 120 cm³/mol. The number of anilines is 1. The number of sulfone groups is 1. The number of hydrogen-bond acceptors (Lipinski definition) is 6. The summed E-state index contributed by atoms with van der Waals surface area (Å²) in [6.07, 6.45) is -0.152. The van der Waals surface area contributed by atoms with Crippen molar-refractivity contribution in [1.29, 1.82) is 0 Å². The molecule has 0 bridgehead atoms. The van der Waals surface area contributed by atoms with Gasteiger partial charge in [-0.3, -0.25) is 4.79 Å². The van der Waals surface area contributed by atoms with Crippen LogP contribution >= 0.6 is 11.8 Å². The molecule has 0 unspecified atom stereocenters. The number of nitrogens with one attached hydrogen (secondary N) is 1. The lowest BCUT2D eigenvalue weighted by atomic mass is 10.3. The highest BCUT2D eigenvalue weighted by Gasteiger charge is 2.21. The minimum atomic E-state index is -3.64. The average Bonchev–Trinajstić information content (AvgIpc) is 2.79. The van der Waals surface area contributed by atoms with Crippen LogP contribution in [0.4, 0.5) is 5.69 Å². The van der Waals surface area contributed by atoms with E-state index in [0.29, 0.717) is 30.4 Å². The highest BCUT2D eigenvalue weighted by Crippen LogP contribution is 2.34. The molecule has 1 heterocycles. The number of ether oxygens (including phenoxy) is 2. The third-order valence-electron chi connectivity index (χ3n) is 4.60. The quantitative estimate of drug-likeness (QED) is 0.568. The van der Waals surface area contributed by atoms with Crippen LogP contribution in [-0.2, 0) is 14.6 Å². The van der Waals surface area contributed by atoms with Gasteiger partial charge in [0.1, 0.15) is 13.2 Å². The van der Waals surface area contributed by atoms with Gasteiger partial charge in [0, 0.05) is 22.3 Å². The molecule has 1 aliphatic rings. The number of carbonyl (C=O) groups excluding carboxylic acids is 1. The molecule has 4 rings (SSSR count). The first-order valence-corrected chi connectivity index (χ1v) is 12.2. The summed E-state index contributed by atoms with van der Waals surface area (Å²) in [7, 11) is -3.64. The van der Waals surface area contributed by atoms with Gasteiger partial charge in [0.15, 0.2) is 21.3 Å². The Kier molecular flexibility index (Phi) is 6.48. The van der Waals surface area contributed by atoms with E-state index in [1.54, 1.807) is 12.1 Å². The van der Waals surface area contributed by atoms with Gasteiger partial charge in [-0.15, -0.1) is 0 Å². The van der Waals surface area contributed by atoms with Gasteiger partial charge in [-0.05, 0) is 36.4 Å². The molecule has 0 radical (unpaired) electrons. The van der Waals surface area contributed by atoms with Crippen molar-refractivity contribution in [3.05, 3.63) is 72.8 Å². The molecular weight excluding hydrogens is 434 g/mol. The van der Waals surface area contributed by atoms with Crippen molar-refractivity contribution in [3.63, 3.8) is 0 Å². The monoisotopic (exact) mass is 455 g/mol. The molecule has 0 fully saturated rings. The maximum atomic E-state index is 12.7. The van der Waals surface area contributed by atoms with E-state index in [4.69, 9.17) is 9.47 Å². The van der Waals surface area contributed by atoms with E-state index < -0.39 is 9.84 Å². The second-order valence-electron chi connectivity index (χ2n) is 6.83. The molecule has 0 saturated heterocycles. The zero-order valence-electron chi connectivity index (χ0n) is 16.6. The zero-order valence-corrected chi connectivity index (χ0v) is 18.2. The molecule has 0 aromatic heterocycles. The van der Waals surface area contributed by atoms with Gasteiger partial charge in [0.05, 0.1) is 16.3 Å². The zero-order chi connectivity index (χ0) is 21.7. The van der Waals surface area contributed by atoms with Gasteiger partial charge >= 0.3 is 0 Å². The third kappa shape index (κ3) is 5.39. The Labute approximate surface area is 185 Å². The number of rotatable bonds is 7. The van der Waals surface area contributed by atoms with E-state index in [1.165, 1.54) is 23.9 Å². The van der Waals surface area contributed by atoms with Gasteiger partial charge in [0.25, 0.3) is 0 Å². The molecule has 6 nitrogen and oxygen atoms in total. The number of hydrogen-bond donors (Lipinski definition) is 1. The van der Waals surface area contributed by atoms with Gasteiger partial charge in [-0.1, -0.05) is 42.1 Å². The van der Waals surface area contributed by atoms with Crippen molar-refractivity contribution in [3.8, 4) is 11.5 Å². The van der Waals surface area contributed by atoms with E-state index in [1.807, 2.05) is 48.5 Å². The van der Waals surface area contributed by atoms with E-state index >= 15 is 0 Å². The first-order valence-electron chi connectivity index (χ1n) is 9.75. The lowest BCUT2D eigenvalue weighted by Gasteiger charge is -2.18. The summed E-state index contributed by atoms with van der Waals surface area (Å²) in [5.74, 6) is 0.272. The van der Waals surface area contributed by atoms with Crippen molar-refractivity contribution in [2.45, 2.75) is 21.1 Å². The maximum absolute atomic E-state index is 12.7. The summed E-state index contributed by atoms with van der Waals surface area (Å²) in [5, 5.41) is 2.84. The average molecular weight is 456 g/mol. The summed E-state index contributed by atoms with van der Waals surface area (Å²) in [4.78, 5) is 14.5. The Morgan fingerprint density at radius 2 is 1.61 bits per heavy atom. The summed E-state index contributed by atoms with van der Waals surface area (Å²) < 4.78 is 36.3. The van der Waals surface area contributed by atoms with Crippen molar-refractivity contribution < 1.29 is 22.7 Å². The molecule has 0 aliphatic carbocycles. The largest absolute Gasteiger partial charge is 0.486 e. The Morgan fingerprint density at radius 1 is 0.903 bits per heavy atom. The molecule has 160 valence electrons. The van der Waals surface area contributed by atoms with E-state index in [2.05, 4.69) is 5.32 Å². The fourth-order valence-electron chi connectivity index (χ4n) is 3.05. The molecule has 3 aromatic rings. The fraction of sp³-hybridized carbons (Fsp3) is 0.174. The molecule has 1 N–H and O–H groups in total. The minimum absolute atomic E-state index is 0.115. The molecule has 8 heteroatoms. The third-order valence-corrected chi connectivity index (χ3v) is 7.40. The van der Waals surface area contributed by atoms with Crippen LogP contribution in [0.15, 0.2) is 87.5 Å². The number of fused-ring (bicyclic) bond motifs is 1. The SMILES string of the molecule is O=C(CCS(=O)(=O)c1ccc2c(c1)OCCO2)Nc1ccccc1Sc1ccccc1. The summed E-state index contributed by atoms with van der Waals surface area (Å²) in [5.41, 5.74) is 0.651. The smallest absolute Gasteiger partial charge is 0.225 e. The molecule has 1 aliphatic heterocycles. The second kappa shape index (κ2) is 9.45. The van der Waals surface area contributed by atoms with Gasteiger partial charge in [-0.2, -0.15) is 0 Å². The highest BCUT2D eigenvalue weighted by atomic mass is 32.2. The summed E-state index contributed by atoms with van der Waals surface area (Å²) >= 11 is 1.53. The Balaban J connectivity index is 1.40. The van der Waals surface area contributed by atoms with Crippen LogP contribution < -0.4 is 14.8 Å².